The molecule has 0 aliphatic heterocycles. The number of methoxy groups -OCH3 is 1. The zero-order valence-corrected chi connectivity index (χ0v) is 16.4. The van der Waals surface area contributed by atoms with Gasteiger partial charge in [0.15, 0.2) is 6.61 Å². The van der Waals surface area contributed by atoms with Crippen LogP contribution in [0.5, 0.6) is 0 Å². The SMILES string of the molecule is COCCNC(=O)NC(=O)COC(=O)CNS(=O)(=O)c1ccc(Cl)c(Cl)c1. The molecule has 0 saturated heterocycles. The Morgan fingerprint density at radius 2 is 1.85 bits per heavy atom. The number of ether oxygens (including phenoxy) is 2. The Kier molecular flexibility index (Phi) is 9.46. The average Bonchev–Trinajstić information content (AvgIpc) is 2.60. The number of imide groups is 1. The standard InChI is InChI=1S/C14H17Cl2N3O7S/c1-25-5-4-17-14(22)19-12(20)8-26-13(21)7-18-27(23,24)9-2-3-10(15)11(16)6-9/h2-3,6,18H,4-5,7-8H2,1H3,(H2,17,19,20,22). The van der Waals surface area contributed by atoms with Crippen molar-refractivity contribution in [2.75, 3.05) is 33.4 Å². The van der Waals surface area contributed by atoms with Gasteiger partial charge in [0.25, 0.3) is 5.91 Å². The Labute approximate surface area is 165 Å². The maximum absolute atomic E-state index is 12.0. The molecule has 0 radical (unpaired) electrons. The highest BCUT2D eigenvalue weighted by atomic mass is 35.5. The smallest absolute Gasteiger partial charge is 0.321 e. The van der Waals surface area contributed by atoms with Crippen LogP contribution in [0.4, 0.5) is 4.79 Å². The van der Waals surface area contributed by atoms with Crippen molar-refractivity contribution in [2.45, 2.75) is 4.90 Å². The van der Waals surface area contributed by atoms with Crippen LogP contribution in [0, 0.1) is 0 Å². The molecule has 0 aromatic heterocycles. The molecule has 3 N–H and O–H groups in total. The van der Waals surface area contributed by atoms with E-state index in [1.165, 1.54) is 19.2 Å². The van der Waals surface area contributed by atoms with E-state index < -0.39 is 41.1 Å². The van der Waals surface area contributed by atoms with Gasteiger partial charge in [0.2, 0.25) is 10.0 Å². The summed E-state index contributed by atoms with van der Waals surface area (Å²) in [6.45, 7) is -1.04. The monoisotopic (exact) mass is 441 g/mol. The van der Waals surface area contributed by atoms with Crippen molar-refractivity contribution >= 4 is 51.1 Å². The van der Waals surface area contributed by atoms with Gasteiger partial charge in [-0.1, -0.05) is 23.2 Å². The van der Waals surface area contributed by atoms with Gasteiger partial charge in [0.05, 0.1) is 21.5 Å². The second-order valence-corrected chi connectivity index (χ2v) is 7.44. The molecule has 1 aromatic rings. The molecular weight excluding hydrogens is 425 g/mol. The number of rotatable bonds is 9. The number of nitrogens with one attached hydrogen (secondary N) is 3. The average molecular weight is 442 g/mol. The Balaban J connectivity index is 2.40. The molecule has 0 aliphatic carbocycles. The molecule has 13 heteroatoms. The Morgan fingerprint density at radius 3 is 2.48 bits per heavy atom. The first-order valence-electron chi connectivity index (χ1n) is 7.32. The topological polar surface area (TPSA) is 140 Å². The molecule has 150 valence electrons. The van der Waals surface area contributed by atoms with Crippen LogP contribution in [0.3, 0.4) is 0 Å². The zero-order chi connectivity index (χ0) is 20.4. The lowest BCUT2D eigenvalue weighted by Crippen LogP contribution is -2.42. The van der Waals surface area contributed by atoms with E-state index in [1.54, 1.807) is 0 Å². The molecule has 0 bridgehead atoms. The fraction of sp³-hybridized carbons (Fsp3) is 0.357. The second-order valence-electron chi connectivity index (χ2n) is 4.86. The minimum atomic E-state index is -4.04. The summed E-state index contributed by atoms with van der Waals surface area (Å²) in [5.41, 5.74) is 0. The number of amides is 3. The van der Waals surface area contributed by atoms with Gasteiger partial charge in [-0.2, -0.15) is 4.72 Å². The van der Waals surface area contributed by atoms with Crippen LogP contribution >= 0.6 is 23.2 Å². The van der Waals surface area contributed by atoms with Gasteiger partial charge in [0.1, 0.15) is 6.54 Å². The first-order chi connectivity index (χ1) is 12.7. The number of benzene rings is 1. The molecular formula is C14H17Cl2N3O7S. The van der Waals surface area contributed by atoms with Crippen LogP contribution in [0.15, 0.2) is 23.1 Å². The van der Waals surface area contributed by atoms with E-state index in [0.717, 1.165) is 6.07 Å². The van der Waals surface area contributed by atoms with E-state index >= 15 is 0 Å². The highest BCUT2D eigenvalue weighted by molar-refractivity contribution is 7.89. The third-order valence-electron chi connectivity index (χ3n) is 2.82. The lowest BCUT2D eigenvalue weighted by Gasteiger charge is -2.09. The fourth-order valence-electron chi connectivity index (χ4n) is 1.55. The van der Waals surface area contributed by atoms with E-state index in [9.17, 15) is 22.8 Å². The molecule has 0 saturated carbocycles. The van der Waals surface area contributed by atoms with Crippen molar-refractivity contribution < 1.29 is 32.3 Å². The van der Waals surface area contributed by atoms with Crippen LogP contribution in [0.25, 0.3) is 0 Å². The quantitative estimate of drug-likeness (QED) is 0.369. The summed E-state index contributed by atoms with van der Waals surface area (Å²) in [5, 5.41) is 4.45. The van der Waals surface area contributed by atoms with E-state index in [2.05, 4.69) is 10.1 Å². The highest BCUT2D eigenvalue weighted by Crippen LogP contribution is 2.24. The maximum Gasteiger partial charge on any atom is 0.321 e. The predicted octanol–water partition coefficient (Wildman–Crippen LogP) is 0.287. The molecule has 0 unspecified atom stereocenters. The van der Waals surface area contributed by atoms with E-state index in [0.29, 0.717) is 0 Å². The van der Waals surface area contributed by atoms with Gasteiger partial charge in [-0.05, 0) is 18.2 Å². The van der Waals surface area contributed by atoms with Gasteiger partial charge >= 0.3 is 12.0 Å². The number of esters is 1. The van der Waals surface area contributed by atoms with Gasteiger partial charge in [-0.3, -0.25) is 14.9 Å². The Hall–Kier alpha value is -1.92. The summed E-state index contributed by atoms with van der Waals surface area (Å²) in [4.78, 5) is 34.1. The maximum atomic E-state index is 12.0. The molecule has 0 spiro atoms. The number of sulfonamides is 1. The van der Waals surface area contributed by atoms with Gasteiger partial charge in [-0.25, -0.2) is 13.2 Å². The fourth-order valence-corrected chi connectivity index (χ4v) is 2.91. The molecule has 27 heavy (non-hydrogen) atoms. The minimum absolute atomic E-state index is 0.0302. The third-order valence-corrected chi connectivity index (χ3v) is 4.95. The van der Waals surface area contributed by atoms with Gasteiger partial charge in [0, 0.05) is 13.7 Å². The lowest BCUT2D eigenvalue weighted by atomic mass is 10.4. The highest BCUT2D eigenvalue weighted by Gasteiger charge is 2.18. The van der Waals surface area contributed by atoms with Crippen molar-refractivity contribution in [3.8, 4) is 0 Å². The van der Waals surface area contributed by atoms with Crippen LogP contribution in [-0.2, 0) is 29.1 Å². The van der Waals surface area contributed by atoms with E-state index in [4.69, 9.17) is 27.9 Å². The van der Waals surface area contributed by atoms with Crippen LogP contribution in [0.2, 0.25) is 10.0 Å². The molecule has 0 heterocycles. The third kappa shape index (κ3) is 8.54. The normalized spacial score (nSPS) is 10.9. The first kappa shape index (κ1) is 23.1. The van der Waals surface area contributed by atoms with Crippen LogP contribution in [-0.4, -0.2) is 59.7 Å². The number of hydrogen-bond donors (Lipinski definition) is 3. The Morgan fingerprint density at radius 1 is 1.15 bits per heavy atom. The lowest BCUT2D eigenvalue weighted by molar-refractivity contribution is -0.147. The van der Waals surface area contributed by atoms with E-state index in [-0.39, 0.29) is 28.1 Å². The molecule has 10 nitrogen and oxygen atoms in total. The summed E-state index contributed by atoms with van der Waals surface area (Å²) in [6, 6.07) is 2.83. The molecule has 0 atom stereocenters. The number of hydrogen-bond acceptors (Lipinski definition) is 7. The van der Waals surface area contributed by atoms with Crippen molar-refractivity contribution in [1.82, 2.24) is 15.4 Å². The summed E-state index contributed by atoms with van der Waals surface area (Å²) in [5.74, 6) is -1.90. The molecule has 0 aliphatic rings. The van der Waals surface area contributed by atoms with Crippen molar-refractivity contribution in [3.63, 3.8) is 0 Å². The summed E-state index contributed by atoms with van der Waals surface area (Å²) in [6.07, 6.45) is 0. The largest absolute Gasteiger partial charge is 0.455 e. The zero-order valence-electron chi connectivity index (χ0n) is 14.1. The molecule has 1 rings (SSSR count). The van der Waals surface area contributed by atoms with Gasteiger partial charge < -0.3 is 14.8 Å². The number of carbonyl (C=O) groups excluding carboxylic acids is 3. The van der Waals surface area contributed by atoms with Crippen molar-refractivity contribution in [1.29, 1.82) is 0 Å². The van der Waals surface area contributed by atoms with Crippen molar-refractivity contribution in [3.05, 3.63) is 28.2 Å². The number of carbonyl (C=O) groups is 3. The molecule has 0 fully saturated rings. The van der Waals surface area contributed by atoms with Crippen LogP contribution < -0.4 is 15.4 Å². The number of halogens is 2. The molecule has 1 aromatic carbocycles. The Bertz CT molecular complexity index is 802. The number of urea groups is 1. The first-order valence-corrected chi connectivity index (χ1v) is 9.56. The summed E-state index contributed by atoms with van der Waals surface area (Å²) >= 11 is 11.5. The summed E-state index contributed by atoms with van der Waals surface area (Å²) in [7, 11) is -2.59. The summed E-state index contributed by atoms with van der Waals surface area (Å²) < 4.78 is 35.4. The minimum Gasteiger partial charge on any atom is -0.455 e. The van der Waals surface area contributed by atoms with Crippen molar-refractivity contribution in [2.24, 2.45) is 0 Å². The molecule has 3 amide bonds. The second kappa shape index (κ2) is 11.0. The predicted molar refractivity (Wildman–Crippen MR) is 96.0 cm³/mol. The van der Waals surface area contributed by atoms with Gasteiger partial charge in [-0.15, -0.1) is 0 Å². The van der Waals surface area contributed by atoms with E-state index in [1.807, 2.05) is 10.0 Å². The van der Waals surface area contributed by atoms with Crippen LogP contribution in [0.1, 0.15) is 0 Å².